The van der Waals surface area contributed by atoms with Crippen LogP contribution in [0.1, 0.15) is 49.9 Å². The lowest BCUT2D eigenvalue weighted by Crippen LogP contribution is -2.30. The van der Waals surface area contributed by atoms with Crippen LogP contribution < -0.4 is 4.90 Å². The second kappa shape index (κ2) is 9.17. The van der Waals surface area contributed by atoms with Crippen molar-refractivity contribution in [3.63, 3.8) is 0 Å². The number of anilines is 1. The van der Waals surface area contributed by atoms with E-state index in [0.29, 0.717) is 0 Å². The molecule has 0 radical (unpaired) electrons. The highest BCUT2D eigenvalue weighted by Crippen LogP contribution is 2.41. The highest BCUT2D eigenvalue weighted by atomic mass is 35.5. The molecule has 1 amide bonds. The predicted molar refractivity (Wildman–Crippen MR) is 113 cm³/mol. The molecule has 1 heterocycles. The van der Waals surface area contributed by atoms with Crippen molar-refractivity contribution in [2.75, 3.05) is 18.5 Å². The molecule has 0 N–H and O–H groups in total. The summed E-state index contributed by atoms with van der Waals surface area (Å²) >= 11 is 0. The van der Waals surface area contributed by atoms with Gasteiger partial charge in [-0.15, -0.1) is 12.4 Å². The summed E-state index contributed by atoms with van der Waals surface area (Å²) in [6.07, 6.45) is 2.14. The summed E-state index contributed by atoms with van der Waals surface area (Å²) in [6.45, 7) is 4.49. The number of carbonyl (C=O) groups excluding carboxylic acids is 1. The van der Waals surface area contributed by atoms with Crippen molar-refractivity contribution in [3.05, 3.63) is 69.8 Å². The summed E-state index contributed by atoms with van der Waals surface area (Å²) in [5, 5.41) is 11.3. The largest absolute Gasteiger partial charge is 0.315 e. The molecule has 6 nitrogen and oxygen atoms in total. The number of rotatable bonds is 5. The first-order valence-electron chi connectivity index (χ1n) is 9.23. The molecule has 7 heteroatoms. The molecule has 2 atom stereocenters. The summed E-state index contributed by atoms with van der Waals surface area (Å²) in [6, 6.07) is 15.3. The summed E-state index contributed by atoms with van der Waals surface area (Å²) in [5.41, 5.74) is 2.84. The molecule has 3 rings (SSSR count). The van der Waals surface area contributed by atoms with Crippen molar-refractivity contribution in [2.45, 2.75) is 38.8 Å². The Morgan fingerprint density at radius 2 is 1.93 bits per heavy atom. The molecule has 0 spiro atoms. The third-order valence-electron chi connectivity index (χ3n) is 5.48. The summed E-state index contributed by atoms with van der Waals surface area (Å²) < 4.78 is 0. The zero-order chi connectivity index (χ0) is 19.6. The molecule has 1 fully saturated rings. The Balaban J connectivity index is 0.00000280. The maximum atomic E-state index is 11.9. The Labute approximate surface area is 171 Å². The van der Waals surface area contributed by atoms with Gasteiger partial charge < -0.3 is 4.90 Å². The van der Waals surface area contributed by atoms with Crippen LogP contribution in [-0.4, -0.2) is 29.3 Å². The van der Waals surface area contributed by atoms with Crippen molar-refractivity contribution in [3.8, 4) is 0 Å². The van der Waals surface area contributed by atoms with Gasteiger partial charge in [-0.25, -0.2) is 0 Å². The lowest BCUT2D eigenvalue weighted by atomic mass is 9.99. The third-order valence-corrected chi connectivity index (χ3v) is 5.48. The van der Waals surface area contributed by atoms with E-state index in [1.165, 1.54) is 18.6 Å². The Morgan fingerprint density at radius 3 is 2.54 bits per heavy atom. The second-order valence-electron chi connectivity index (χ2n) is 7.06. The molecule has 0 unspecified atom stereocenters. The molecule has 2 aromatic carbocycles. The smallest absolute Gasteiger partial charge is 0.269 e. The summed E-state index contributed by atoms with van der Waals surface area (Å²) in [7, 11) is 1.71. The van der Waals surface area contributed by atoms with E-state index in [1.807, 2.05) is 18.2 Å². The SMILES string of the molecule is CC(=O)N(C)c1ccc([N+](=O)[O-])cc1[C@H](C)N1CCC[C@H]1c1ccccc1.Cl. The topological polar surface area (TPSA) is 66.7 Å². The summed E-state index contributed by atoms with van der Waals surface area (Å²) in [5.74, 6) is -0.0988. The van der Waals surface area contributed by atoms with Crippen LogP contribution in [0.25, 0.3) is 0 Å². The van der Waals surface area contributed by atoms with Crippen LogP contribution in [0.5, 0.6) is 0 Å². The Bertz CT molecular complexity index is 844. The molecule has 0 bridgehead atoms. The number of carbonyl (C=O) groups is 1. The first kappa shape index (κ1) is 21.9. The monoisotopic (exact) mass is 403 g/mol. The third kappa shape index (κ3) is 4.34. The molecule has 1 aliphatic rings. The number of benzene rings is 2. The minimum Gasteiger partial charge on any atom is -0.315 e. The van der Waals surface area contributed by atoms with Crippen LogP contribution in [0.4, 0.5) is 11.4 Å². The van der Waals surface area contributed by atoms with E-state index in [4.69, 9.17) is 0 Å². The standard InChI is InChI=1S/C21H25N3O3.ClH/c1-15(23-13-7-10-20(23)17-8-5-4-6-9-17)19-14-18(24(26)27)11-12-21(19)22(3)16(2)25;/h4-6,8-9,11-12,14-15,20H,7,10,13H2,1-3H3;1H/t15-,20-;/m0./s1. The fraction of sp³-hybridized carbons (Fsp3) is 0.381. The number of nitro groups is 1. The van der Waals surface area contributed by atoms with Gasteiger partial charge in [0.1, 0.15) is 0 Å². The van der Waals surface area contributed by atoms with Crippen LogP contribution in [0.3, 0.4) is 0 Å². The van der Waals surface area contributed by atoms with Gasteiger partial charge in [0.25, 0.3) is 5.69 Å². The van der Waals surface area contributed by atoms with E-state index >= 15 is 0 Å². The minimum atomic E-state index is -0.383. The van der Waals surface area contributed by atoms with Gasteiger partial charge in [0.2, 0.25) is 5.91 Å². The van der Waals surface area contributed by atoms with E-state index < -0.39 is 0 Å². The van der Waals surface area contributed by atoms with Crippen LogP contribution in [0.15, 0.2) is 48.5 Å². The highest BCUT2D eigenvalue weighted by molar-refractivity contribution is 5.92. The number of nitrogens with zero attached hydrogens (tertiary/aromatic N) is 3. The van der Waals surface area contributed by atoms with Gasteiger partial charge in [-0.2, -0.15) is 0 Å². The van der Waals surface area contributed by atoms with Crippen molar-refractivity contribution in [1.29, 1.82) is 0 Å². The van der Waals surface area contributed by atoms with Crippen LogP contribution in [0.2, 0.25) is 0 Å². The van der Waals surface area contributed by atoms with Gasteiger partial charge in [0, 0.05) is 43.9 Å². The van der Waals surface area contributed by atoms with E-state index in [1.54, 1.807) is 24.1 Å². The molecule has 1 saturated heterocycles. The van der Waals surface area contributed by atoms with Gasteiger partial charge in [0.05, 0.1) is 4.92 Å². The molecule has 0 aliphatic carbocycles. The molecule has 1 aliphatic heterocycles. The molecule has 150 valence electrons. The van der Waals surface area contributed by atoms with E-state index in [9.17, 15) is 14.9 Å². The number of hydrogen-bond acceptors (Lipinski definition) is 4. The Hall–Kier alpha value is -2.44. The van der Waals surface area contributed by atoms with E-state index in [-0.39, 0.29) is 41.0 Å². The van der Waals surface area contributed by atoms with Crippen LogP contribution >= 0.6 is 12.4 Å². The fourth-order valence-corrected chi connectivity index (χ4v) is 3.93. The minimum absolute atomic E-state index is 0. The molecule has 0 saturated carbocycles. The van der Waals surface area contributed by atoms with E-state index in [0.717, 1.165) is 30.6 Å². The number of nitro benzene ring substituents is 1. The number of non-ortho nitro benzene ring substituents is 1. The molecule has 0 aromatic heterocycles. The number of likely N-dealkylation sites (tertiary alicyclic amines) is 1. The molecule has 28 heavy (non-hydrogen) atoms. The van der Waals surface area contributed by atoms with Gasteiger partial charge in [-0.3, -0.25) is 19.8 Å². The lowest BCUT2D eigenvalue weighted by molar-refractivity contribution is -0.384. The Morgan fingerprint density at radius 1 is 1.25 bits per heavy atom. The average molecular weight is 404 g/mol. The lowest BCUT2D eigenvalue weighted by Gasteiger charge is -2.33. The van der Waals surface area contributed by atoms with Gasteiger partial charge in [-0.05, 0) is 43.5 Å². The number of halogens is 1. The van der Waals surface area contributed by atoms with Crippen molar-refractivity contribution in [2.24, 2.45) is 0 Å². The molecular formula is C21H26ClN3O3. The maximum Gasteiger partial charge on any atom is 0.269 e. The first-order valence-corrected chi connectivity index (χ1v) is 9.23. The van der Waals surface area contributed by atoms with Crippen LogP contribution in [0, 0.1) is 10.1 Å². The van der Waals surface area contributed by atoms with Crippen molar-refractivity contribution < 1.29 is 9.72 Å². The number of hydrogen-bond donors (Lipinski definition) is 0. The van der Waals surface area contributed by atoms with Crippen molar-refractivity contribution in [1.82, 2.24) is 4.90 Å². The summed E-state index contributed by atoms with van der Waals surface area (Å²) in [4.78, 5) is 26.8. The molecular weight excluding hydrogens is 378 g/mol. The van der Waals surface area contributed by atoms with Gasteiger partial charge >= 0.3 is 0 Å². The first-order chi connectivity index (χ1) is 12.9. The molecule has 2 aromatic rings. The van der Waals surface area contributed by atoms with Crippen molar-refractivity contribution >= 4 is 29.7 Å². The van der Waals surface area contributed by atoms with Crippen LogP contribution in [-0.2, 0) is 4.79 Å². The highest BCUT2D eigenvalue weighted by Gasteiger charge is 2.32. The number of amides is 1. The zero-order valence-corrected chi connectivity index (χ0v) is 17.2. The average Bonchev–Trinajstić information content (AvgIpc) is 3.16. The van der Waals surface area contributed by atoms with Gasteiger partial charge in [-0.1, -0.05) is 30.3 Å². The van der Waals surface area contributed by atoms with Gasteiger partial charge in [0.15, 0.2) is 0 Å². The normalized spacial score (nSPS) is 17.6. The predicted octanol–water partition coefficient (Wildman–Crippen LogP) is 4.90. The second-order valence-corrected chi connectivity index (χ2v) is 7.06. The Kier molecular flexibility index (Phi) is 7.16. The zero-order valence-electron chi connectivity index (χ0n) is 16.4. The fourth-order valence-electron chi connectivity index (χ4n) is 3.93. The maximum absolute atomic E-state index is 11.9. The van der Waals surface area contributed by atoms with E-state index in [2.05, 4.69) is 24.0 Å². The quantitative estimate of drug-likeness (QED) is 0.526.